The quantitative estimate of drug-likeness (QED) is 0.678. The Morgan fingerprint density at radius 3 is 2.48 bits per heavy atom. The first-order valence-electron chi connectivity index (χ1n) is 8.14. The van der Waals surface area contributed by atoms with E-state index >= 15 is 0 Å². The van der Waals surface area contributed by atoms with Crippen molar-refractivity contribution in [2.24, 2.45) is 0 Å². The van der Waals surface area contributed by atoms with Gasteiger partial charge in [0.05, 0.1) is 26.5 Å². The summed E-state index contributed by atoms with van der Waals surface area (Å²) in [6.07, 6.45) is 3.07. The van der Waals surface area contributed by atoms with Gasteiger partial charge in [-0.05, 0) is 51.8 Å². The van der Waals surface area contributed by atoms with E-state index in [2.05, 4.69) is 21.2 Å². The molecule has 1 N–H and O–H groups in total. The maximum atomic E-state index is 12.2. The number of methoxy groups -OCH3 is 2. The Labute approximate surface area is 166 Å². The molecule has 0 saturated carbocycles. The van der Waals surface area contributed by atoms with Crippen molar-refractivity contribution in [3.05, 3.63) is 58.6 Å². The Morgan fingerprint density at radius 2 is 1.81 bits per heavy atom. The normalized spacial score (nSPS) is 10.5. The molecule has 0 heterocycles. The minimum Gasteiger partial charge on any atom is -0.493 e. The highest BCUT2D eigenvalue weighted by Crippen LogP contribution is 2.28. The van der Waals surface area contributed by atoms with Gasteiger partial charge in [-0.15, -0.1) is 0 Å². The average Bonchev–Trinajstić information content (AvgIpc) is 2.67. The highest BCUT2D eigenvalue weighted by Gasteiger charge is 2.12. The van der Waals surface area contributed by atoms with Crippen LogP contribution in [0.4, 0.5) is 5.69 Å². The third kappa shape index (κ3) is 5.86. The van der Waals surface area contributed by atoms with E-state index in [9.17, 15) is 9.59 Å². The van der Waals surface area contributed by atoms with Crippen LogP contribution in [0.3, 0.4) is 0 Å². The number of halogens is 1. The molecule has 2 amide bonds. The molecule has 0 bridgehead atoms. The Morgan fingerprint density at radius 1 is 1.11 bits per heavy atom. The second-order valence-electron chi connectivity index (χ2n) is 5.67. The first-order chi connectivity index (χ1) is 12.9. The van der Waals surface area contributed by atoms with Gasteiger partial charge in [-0.1, -0.05) is 18.2 Å². The number of amides is 2. The first kappa shape index (κ1) is 20.5. The highest BCUT2D eigenvalue weighted by atomic mass is 79.9. The summed E-state index contributed by atoms with van der Waals surface area (Å²) in [5, 5.41) is 2.76. The fourth-order valence-electron chi connectivity index (χ4n) is 2.30. The molecule has 7 heteroatoms. The molecule has 2 aromatic carbocycles. The number of anilines is 1. The SMILES string of the molecule is COc1ccc(/C=C/C(=O)N(C)CC(=O)Nc2ccccc2Br)cc1OC. The van der Waals surface area contributed by atoms with Gasteiger partial charge >= 0.3 is 0 Å². The lowest BCUT2D eigenvalue weighted by atomic mass is 10.2. The molecule has 0 aliphatic heterocycles. The van der Waals surface area contributed by atoms with Crippen LogP contribution in [0.5, 0.6) is 11.5 Å². The van der Waals surface area contributed by atoms with Crippen LogP contribution in [0, 0.1) is 0 Å². The number of likely N-dealkylation sites (N-methyl/N-ethyl adjacent to an activating group) is 1. The van der Waals surface area contributed by atoms with E-state index in [4.69, 9.17) is 9.47 Å². The summed E-state index contributed by atoms with van der Waals surface area (Å²) in [7, 11) is 4.68. The van der Waals surface area contributed by atoms with E-state index in [1.165, 1.54) is 11.0 Å². The molecular weight excluding hydrogens is 412 g/mol. The summed E-state index contributed by atoms with van der Waals surface area (Å²) in [6, 6.07) is 12.6. The molecule has 0 aliphatic carbocycles. The third-order valence-corrected chi connectivity index (χ3v) is 4.42. The summed E-state index contributed by atoms with van der Waals surface area (Å²) in [5.74, 6) is 0.624. The Kier molecular flexibility index (Phi) is 7.43. The predicted molar refractivity (Wildman–Crippen MR) is 109 cm³/mol. The zero-order valence-corrected chi connectivity index (χ0v) is 16.9. The molecule has 2 aromatic rings. The predicted octanol–water partition coefficient (Wildman–Crippen LogP) is 3.58. The summed E-state index contributed by atoms with van der Waals surface area (Å²) in [4.78, 5) is 25.7. The molecule has 0 unspecified atom stereocenters. The van der Waals surface area contributed by atoms with Crippen LogP contribution in [-0.4, -0.2) is 44.5 Å². The number of nitrogens with zero attached hydrogens (tertiary/aromatic N) is 1. The molecule has 0 radical (unpaired) electrons. The fraction of sp³-hybridized carbons (Fsp3) is 0.200. The van der Waals surface area contributed by atoms with Crippen molar-refractivity contribution in [2.45, 2.75) is 0 Å². The molecule has 6 nitrogen and oxygen atoms in total. The molecule has 142 valence electrons. The monoisotopic (exact) mass is 432 g/mol. The number of para-hydroxylation sites is 1. The Hall–Kier alpha value is -2.80. The van der Waals surface area contributed by atoms with Gasteiger partial charge in [0, 0.05) is 17.6 Å². The van der Waals surface area contributed by atoms with Gasteiger partial charge in [-0.25, -0.2) is 0 Å². The fourth-order valence-corrected chi connectivity index (χ4v) is 2.68. The van der Waals surface area contributed by atoms with Gasteiger partial charge in [0.15, 0.2) is 11.5 Å². The number of hydrogen-bond donors (Lipinski definition) is 1. The van der Waals surface area contributed by atoms with Crippen molar-refractivity contribution in [1.29, 1.82) is 0 Å². The van der Waals surface area contributed by atoms with Gasteiger partial charge in [0.25, 0.3) is 0 Å². The third-order valence-electron chi connectivity index (χ3n) is 3.73. The largest absolute Gasteiger partial charge is 0.493 e. The minimum absolute atomic E-state index is 0.0591. The van der Waals surface area contributed by atoms with Crippen molar-refractivity contribution >= 4 is 39.5 Å². The van der Waals surface area contributed by atoms with Crippen molar-refractivity contribution in [3.8, 4) is 11.5 Å². The van der Waals surface area contributed by atoms with Gasteiger partial charge in [0.1, 0.15) is 0 Å². The first-order valence-corrected chi connectivity index (χ1v) is 8.93. The Bertz CT molecular complexity index is 852. The summed E-state index contributed by atoms with van der Waals surface area (Å²) in [6.45, 7) is -0.0591. The summed E-state index contributed by atoms with van der Waals surface area (Å²) >= 11 is 3.37. The number of carbonyl (C=O) groups is 2. The van der Waals surface area contributed by atoms with E-state index in [1.807, 2.05) is 24.3 Å². The second kappa shape index (κ2) is 9.78. The van der Waals surface area contributed by atoms with Gasteiger partial charge in [0.2, 0.25) is 11.8 Å². The van der Waals surface area contributed by atoms with E-state index in [1.54, 1.807) is 45.5 Å². The molecule has 2 rings (SSSR count). The van der Waals surface area contributed by atoms with Gasteiger partial charge < -0.3 is 19.7 Å². The summed E-state index contributed by atoms with van der Waals surface area (Å²) < 4.78 is 11.2. The van der Waals surface area contributed by atoms with Gasteiger partial charge in [-0.3, -0.25) is 9.59 Å². The lowest BCUT2D eigenvalue weighted by molar-refractivity contribution is -0.129. The van der Waals surface area contributed by atoms with E-state index < -0.39 is 0 Å². The number of rotatable bonds is 7. The van der Waals surface area contributed by atoms with Crippen LogP contribution >= 0.6 is 15.9 Å². The van der Waals surface area contributed by atoms with E-state index in [0.717, 1.165) is 10.0 Å². The lowest BCUT2D eigenvalue weighted by Crippen LogP contribution is -2.33. The molecule has 0 spiro atoms. The maximum absolute atomic E-state index is 12.2. The molecule has 0 saturated heterocycles. The lowest BCUT2D eigenvalue weighted by Gasteiger charge is -2.15. The summed E-state index contributed by atoms with van der Waals surface area (Å²) in [5.41, 5.74) is 1.44. The van der Waals surface area contributed by atoms with Crippen LogP contribution in [0.2, 0.25) is 0 Å². The highest BCUT2D eigenvalue weighted by molar-refractivity contribution is 9.10. The molecule has 0 atom stereocenters. The van der Waals surface area contributed by atoms with E-state index in [0.29, 0.717) is 17.2 Å². The number of ether oxygens (including phenoxy) is 2. The van der Waals surface area contributed by atoms with Crippen LogP contribution in [0.1, 0.15) is 5.56 Å². The van der Waals surface area contributed by atoms with Crippen molar-refractivity contribution in [3.63, 3.8) is 0 Å². The standard InChI is InChI=1S/C20H21BrN2O4/c1-23(13-19(24)22-16-7-5-4-6-15(16)21)20(25)11-9-14-8-10-17(26-2)18(12-14)27-3/h4-12H,13H2,1-3H3,(H,22,24)/b11-9+. The zero-order chi connectivity index (χ0) is 19.8. The smallest absolute Gasteiger partial charge is 0.246 e. The van der Waals surface area contributed by atoms with Crippen molar-refractivity contribution < 1.29 is 19.1 Å². The molecule has 27 heavy (non-hydrogen) atoms. The molecule has 0 fully saturated rings. The van der Waals surface area contributed by atoms with Crippen LogP contribution in [0.15, 0.2) is 53.0 Å². The topological polar surface area (TPSA) is 67.9 Å². The average molecular weight is 433 g/mol. The number of hydrogen-bond acceptors (Lipinski definition) is 4. The number of nitrogens with one attached hydrogen (secondary N) is 1. The van der Waals surface area contributed by atoms with Crippen LogP contribution in [-0.2, 0) is 9.59 Å². The molecule has 0 aromatic heterocycles. The minimum atomic E-state index is -0.285. The molecule has 0 aliphatic rings. The second-order valence-corrected chi connectivity index (χ2v) is 6.52. The molecular formula is C20H21BrN2O4. The van der Waals surface area contributed by atoms with Crippen LogP contribution < -0.4 is 14.8 Å². The van der Waals surface area contributed by atoms with Crippen molar-refractivity contribution in [2.75, 3.05) is 33.1 Å². The Balaban J connectivity index is 1.96. The van der Waals surface area contributed by atoms with E-state index in [-0.39, 0.29) is 18.4 Å². The van der Waals surface area contributed by atoms with Crippen LogP contribution in [0.25, 0.3) is 6.08 Å². The maximum Gasteiger partial charge on any atom is 0.246 e. The zero-order valence-electron chi connectivity index (χ0n) is 15.4. The van der Waals surface area contributed by atoms with Crippen molar-refractivity contribution in [1.82, 2.24) is 4.90 Å². The van der Waals surface area contributed by atoms with Gasteiger partial charge in [-0.2, -0.15) is 0 Å². The number of carbonyl (C=O) groups excluding carboxylic acids is 2. The number of benzene rings is 2.